The minimum Gasteiger partial charge on any atom is -0.396 e. The van der Waals surface area contributed by atoms with Crippen molar-refractivity contribution in [1.29, 1.82) is 0 Å². The van der Waals surface area contributed by atoms with E-state index in [0.717, 1.165) is 0 Å². The third-order valence-electron chi connectivity index (χ3n) is 0.849. The third-order valence-corrected chi connectivity index (χ3v) is 0.849. The summed E-state index contributed by atoms with van der Waals surface area (Å²) in [6.45, 7) is 1.16. The molecule has 0 bridgehead atoms. The van der Waals surface area contributed by atoms with Gasteiger partial charge in [-0.1, -0.05) is 0 Å². The molecule has 0 atom stereocenters. The molecule has 0 saturated carbocycles. The predicted octanol–water partition coefficient (Wildman–Crippen LogP) is -0.648. The van der Waals surface area contributed by atoms with Crippen LogP contribution in [0.15, 0.2) is 0 Å². The van der Waals surface area contributed by atoms with E-state index in [1.165, 1.54) is 0 Å². The van der Waals surface area contributed by atoms with Crippen molar-refractivity contribution >= 4 is 0 Å². The summed E-state index contributed by atoms with van der Waals surface area (Å²) in [4.78, 5) is 0. The number of rotatable bonds is 7. The Hall–Kier alpha value is -0.160. The summed E-state index contributed by atoms with van der Waals surface area (Å²) in [6.07, 6.45) is 0.627. The standard InChI is InChI=1S/C6H14O4/c7-2-1-4-9-6-10-5-3-8/h7-8H,1-6H2. The molecule has 10 heavy (non-hydrogen) atoms. The van der Waals surface area contributed by atoms with E-state index in [-0.39, 0.29) is 20.0 Å². The van der Waals surface area contributed by atoms with E-state index in [9.17, 15) is 0 Å². The van der Waals surface area contributed by atoms with Gasteiger partial charge in [0, 0.05) is 6.61 Å². The van der Waals surface area contributed by atoms with Gasteiger partial charge < -0.3 is 19.7 Å². The number of hydrogen-bond acceptors (Lipinski definition) is 4. The number of ether oxygens (including phenoxy) is 2. The molecule has 62 valence electrons. The summed E-state index contributed by atoms with van der Waals surface area (Å²) in [5.74, 6) is 0. The van der Waals surface area contributed by atoms with Crippen molar-refractivity contribution in [3.05, 3.63) is 0 Å². The van der Waals surface area contributed by atoms with Gasteiger partial charge in [0.25, 0.3) is 0 Å². The lowest BCUT2D eigenvalue weighted by atomic mass is 10.5. The summed E-state index contributed by atoms with van der Waals surface area (Å²) >= 11 is 0. The minimum atomic E-state index is 0.0172. The average molecular weight is 150 g/mol. The van der Waals surface area contributed by atoms with E-state index in [2.05, 4.69) is 0 Å². The van der Waals surface area contributed by atoms with Crippen molar-refractivity contribution in [3.63, 3.8) is 0 Å². The Balaban J connectivity index is 2.65. The molecular formula is C6H14O4. The van der Waals surface area contributed by atoms with Crippen molar-refractivity contribution in [2.75, 3.05) is 33.2 Å². The van der Waals surface area contributed by atoms with Crippen LogP contribution in [0.2, 0.25) is 0 Å². The van der Waals surface area contributed by atoms with Gasteiger partial charge in [0.15, 0.2) is 0 Å². The first-order valence-electron chi connectivity index (χ1n) is 3.29. The van der Waals surface area contributed by atoms with Crippen LogP contribution in [-0.4, -0.2) is 43.4 Å². The van der Waals surface area contributed by atoms with Gasteiger partial charge in [0.1, 0.15) is 6.79 Å². The van der Waals surface area contributed by atoms with Crippen LogP contribution in [0.25, 0.3) is 0 Å². The second-order valence-corrected chi connectivity index (χ2v) is 1.74. The molecule has 0 fully saturated rings. The van der Waals surface area contributed by atoms with Crippen LogP contribution >= 0.6 is 0 Å². The average Bonchev–Trinajstić information content (AvgIpc) is 1.97. The first-order chi connectivity index (χ1) is 4.91. The first kappa shape index (κ1) is 9.84. The molecule has 0 saturated heterocycles. The highest BCUT2D eigenvalue weighted by Gasteiger charge is 1.86. The monoisotopic (exact) mass is 150 g/mol. The summed E-state index contributed by atoms with van der Waals surface area (Å²) in [5, 5.41) is 16.6. The molecule has 4 heteroatoms. The summed E-state index contributed by atoms with van der Waals surface area (Å²) < 4.78 is 9.66. The maximum absolute atomic E-state index is 8.31. The van der Waals surface area contributed by atoms with E-state index in [0.29, 0.717) is 19.6 Å². The van der Waals surface area contributed by atoms with Crippen LogP contribution in [0.3, 0.4) is 0 Å². The fourth-order valence-corrected chi connectivity index (χ4v) is 0.408. The smallest absolute Gasteiger partial charge is 0.146 e. The van der Waals surface area contributed by atoms with Crippen LogP contribution in [0, 0.1) is 0 Å². The summed E-state index contributed by atoms with van der Waals surface area (Å²) in [5.41, 5.74) is 0. The maximum atomic E-state index is 8.31. The summed E-state index contributed by atoms with van der Waals surface area (Å²) in [7, 11) is 0. The van der Waals surface area contributed by atoms with Gasteiger partial charge in [-0.25, -0.2) is 0 Å². The van der Waals surface area contributed by atoms with E-state index >= 15 is 0 Å². The molecule has 0 rings (SSSR count). The Kier molecular flexibility index (Phi) is 8.70. The van der Waals surface area contributed by atoms with Crippen LogP contribution in [0.5, 0.6) is 0 Å². The zero-order chi connectivity index (χ0) is 7.66. The molecule has 0 amide bonds. The van der Waals surface area contributed by atoms with Crippen molar-refractivity contribution in [2.45, 2.75) is 6.42 Å². The molecule has 0 aliphatic heterocycles. The third kappa shape index (κ3) is 7.84. The molecule has 0 aromatic carbocycles. The summed E-state index contributed by atoms with van der Waals surface area (Å²) in [6, 6.07) is 0. The molecule has 0 unspecified atom stereocenters. The van der Waals surface area contributed by atoms with Crippen LogP contribution in [-0.2, 0) is 9.47 Å². The largest absolute Gasteiger partial charge is 0.396 e. The lowest BCUT2D eigenvalue weighted by Crippen LogP contribution is -2.05. The van der Waals surface area contributed by atoms with Gasteiger partial charge in [0.05, 0.1) is 19.8 Å². The highest BCUT2D eigenvalue weighted by molar-refractivity contribution is 4.28. The van der Waals surface area contributed by atoms with Gasteiger partial charge >= 0.3 is 0 Å². The molecule has 0 heterocycles. The van der Waals surface area contributed by atoms with E-state index in [4.69, 9.17) is 19.7 Å². The highest BCUT2D eigenvalue weighted by Crippen LogP contribution is 1.81. The second kappa shape index (κ2) is 8.84. The van der Waals surface area contributed by atoms with Crippen LogP contribution in [0.4, 0.5) is 0 Å². The highest BCUT2D eigenvalue weighted by atomic mass is 16.7. The molecule has 4 nitrogen and oxygen atoms in total. The molecule has 0 spiro atoms. The Morgan fingerprint density at radius 3 is 2.20 bits per heavy atom. The molecule has 0 radical (unpaired) electrons. The van der Waals surface area contributed by atoms with Crippen LogP contribution < -0.4 is 0 Å². The van der Waals surface area contributed by atoms with Crippen molar-refractivity contribution in [2.24, 2.45) is 0 Å². The second-order valence-electron chi connectivity index (χ2n) is 1.74. The Labute approximate surface area is 60.4 Å². The molecule has 0 aliphatic rings. The van der Waals surface area contributed by atoms with Gasteiger partial charge in [0.2, 0.25) is 0 Å². The predicted molar refractivity (Wildman–Crippen MR) is 35.6 cm³/mol. The van der Waals surface area contributed by atoms with Gasteiger partial charge in [-0.15, -0.1) is 0 Å². The minimum absolute atomic E-state index is 0.0172. The van der Waals surface area contributed by atoms with Gasteiger partial charge in [-0.3, -0.25) is 0 Å². The SMILES string of the molecule is OCCCOCOCCO. The van der Waals surface area contributed by atoms with E-state index in [1.54, 1.807) is 0 Å². The fraction of sp³-hybridized carbons (Fsp3) is 1.00. The van der Waals surface area contributed by atoms with E-state index < -0.39 is 0 Å². The van der Waals surface area contributed by atoms with Crippen molar-refractivity contribution in [3.8, 4) is 0 Å². The molecule has 0 aliphatic carbocycles. The maximum Gasteiger partial charge on any atom is 0.146 e. The fourth-order valence-electron chi connectivity index (χ4n) is 0.408. The van der Waals surface area contributed by atoms with Crippen molar-refractivity contribution in [1.82, 2.24) is 0 Å². The van der Waals surface area contributed by atoms with Gasteiger partial charge in [-0.05, 0) is 6.42 Å². The first-order valence-corrected chi connectivity index (χ1v) is 3.29. The van der Waals surface area contributed by atoms with Gasteiger partial charge in [-0.2, -0.15) is 0 Å². The van der Waals surface area contributed by atoms with E-state index in [1.807, 2.05) is 0 Å². The lowest BCUT2D eigenvalue weighted by Gasteiger charge is -2.02. The molecule has 0 aromatic rings. The Morgan fingerprint density at radius 1 is 0.900 bits per heavy atom. The normalized spacial score (nSPS) is 10.2. The Morgan fingerprint density at radius 2 is 1.60 bits per heavy atom. The quantitative estimate of drug-likeness (QED) is 0.374. The lowest BCUT2D eigenvalue weighted by molar-refractivity contribution is -0.0645. The Bertz CT molecular complexity index is 49.7. The zero-order valence-electron chi connectivity index (χ0n) is 5.95. The number of hydrogen-bond donors (Lipinski definition) is 2. The van der Waals surface area contributed by atoms with Crippen molar-refractivity contribution < 1.29 is 19.7 Å². The number of aliphatic hydroxyl groups excluding tert-OH is 2. The van der Waals surface area contributed by atoms with Crippen LogP contribution in [0.1, 0.15) is 6.42 Å². The number of aliphatic hydroxyl groups is 2. The molecule has 2 N–H and O–H groups in total. The topological polar surface area (TPSA) is 58.9 Å². The molecule has 0 aromatic heterocycles. The zero-order valence-corrected chi connectivity index (χ0v) is 5.95. The molecular weight excluding hydrogens is 136 g/mol.